The first-order valence-corrected chi connectivity index (χ1v) is 19.0. The molecule has 0 aliphatic carbocycles. The van der Waals surface area contributed by atoms with Crippen LogP contribution in [0.4, 0.5) is 0 Å². The van der Waals surface area contributed by atoms with Gasteiger partial charge in [-0.15, -0.1) is 22.1 Å². The molecule has 0 spiro atoms. The van der Waals surface area contributed by atoms with Crippen molar-refractivity contribution >= 4 is 86.7 Å². The fourth-order valence-electron chi connectivity index (χ4n) is 9.06. The number of hydrogen-bond acceptors (Lipinski definition) is 2. The van der Waals surface area contributed by atoms with Crippen molar-refractivity contribution in [1.29, 1.82) is 0 Å². The maximum atomic E-state index is 5.41. The average molecular weight is 772 g/mol. The molecule has 57 heavy (non-hydrogen) atoms. The summed E-state index contributed by atoms with van der Waals surface area (Å²) >= 11 is 0. The first-order chi connectivity index (χ1) is 27.7. The molecule has 1 radical (unpaired) electrons. The van der Waals surface area contributed by atoms with Gasteiger partial charge in [0.05, 0.1) is 22.8 Å². The van der Waals surface area contributed by atoms with Gasteiger partial charge in [0, 0.05) is 22.3 Å². The maximum absolute atomic E-state index is 5.41. The zero-order valence-corrected chi connectivity index (χ0v) is 31.2. The van der Waals surface area contributed by atoms with Gasteiger partial charge >= 0.3 is 17.1 Å². The van der Waals surface area contributed by atoms with Crippen LogP contribution in [0.3, 0.4) is 0 Å². The van der Waals surface area contributed by atoms with E-state index >= 15 is 0 Å². The molecule has 4 nitrogen and oxygen atoms in total. The summed E-state index contributed by atoms with van der Waals surface area (Å²) in [7, 11) is 0. The van der Waals surface area contributed by atoms with Crippen LogP contribution in [0.5, 0.6) is 0 Å². The molecule has 11 aromatic rings. The molecule has 5 heterocycles. The third-order valence-corrected chi connectivity index (χ3v) is 11.8. The van der Waals surface area contributed by atoms with Gasteiger partial charge in [-0.05, 0) is 137 Å². The molecule has 8 bridgehead atoms. The maximum Gasteiger partial charge on any atom is 2.00 e. The summed E-state index contributed by atoms with van der Waals surface area (Å²) in [5.74, 6) is 0. The van der Waals surface area contributed by atoms with Crippen LogP contribution in [0.1, 0.15) is 0 Å². The molecule has 0 amide bonds. The molecule has 3 aromatic heterocycles. The summed E-state index contributed by atoms with van der Waals surface area (Å²) in [6.45, 7) is 0. The monoisotopic (exact) mass is 771 g/mol. The van der Waals surface area contributed by atoms with Gasteiger partial charge in [0.1, 0.15) is 0 Å². The van der Waals surface area contributed by atoms with Gasteiger partial charge in [-0.2, -0.15) is 0 Å². The van der Waals surface area contributed by atoms with Crippen LogP contribution in [0.15, 0.2) is 170 Å². The van der Waals surface area contributed by atoms with Crippen LogP contribution >= 0.6 is 0 Å². The Bertz CT molecular complexity index is 3250. The van der Waals surface area contributed by atoms with Gasteiger partial charge in [-0.3, -0.25) is 0 Å². The Morgan fingerprint density at radius 1 is 0.263 bits per heavy atom. The van der Waals surface area contributed by atoms with Gasteiger partial charge in [-0.25, -0.2) is 9.97 Å². The van der Waals surface area contributed by atoms with Crippen molar-refractivity contribution in [3.8, 4) is 45.0 Å². The third-order valence-electron chi connectivity index (χ3n) is 11.8. The molecule has 0 atom stereocenters. The summed E-state index contributed by atoms with van der Waals surface area (Å²) < 4.78 is 0. The second-order valence-electron chi connectivity index (χ2n) is 15.1. The van der Waals surface area contributed by atoms with Crippen molar-refractivity contribution in [2.75, 3.05) is 0 Å². The van der Waals surface area contributed by atoms with Crippen molar-refractivity contribution < 1.29 is 17.1 Å². The summed E-state index contributed by atoms with van der Waals surface area (Å²) in [6, 6.07) is 61.1. The normalized spacial score (nSPS) is 12.1. The topological polar surface area (TPSA) is 54.0 Å². The Morgan fingerprint density at radius 2 is 0.474 bits per heavy atom. The van der Waals surface area contributed by atoms with E-state index in [9.17, 15) is 0 Å². The fourth-order valence-corrected chi connectivity index (χ4v) is 9.06. The molecule has 0 N–H and O–H groups in total. The van der Waals surface area contributed by atoms with Gasteiger partial charge in [0.15, 0.2) is 0 Å². The molecule has 267 valence electrons. The number of aromatic nitrogens is 4. The predicted octanol–water partition coefficient (Wildman–Crippen LogP) is 13.2. The summed E-state index contributed by atoms with van der Waals surface area (Å²) in [5.41, 5.74) is 11.5. The predicted molar refractivity (Wildman–Crippen MR) is 233 cm³/mol. The Balaban J connectivity index is 0.00000356. The van der Waals surface area contributed by atoms with Gasteiger partial charge in [0.25, 0.3) is 0 Å². The van der Waals surface area contributed by atoms with Crippen LogP contribution in [0, 0.1) is 0 Å². The van der Waals surface area contributed by atoms with Crippen molar-refractivity contribution in [2.24, 2.45) is 0 Å². The van der Waals surface area contributed by atoms with E-state index in [1.54, 1.807) is 0 Å². The van der Waals surface area contributed by atoms with Gasteiger partial charge < -0.3 is 9.97 Å². The van der Waals surface area contributed by atoms with E-state index in [1.165, 1.54) is 43.1 Å². The second-order valence-corrected chi connectivity index (χ2v) is 15.1. The van der Waals surface area contributed by atoms with Crippen LogP contribution < -0.4 is 9.97 Å². The van der Waals surface area contributed by atoms with E-state index < -0.39 is 0 Å². The summed E-state index contributed by atoms with van der Waals surface area (Å²) in [6.07, 6.45) is 0. The molecule has 13 rings (SSSR count). The number of hydrogen-bond donors (Lipinski definition) is 0. The molecular weight excluding hydrogens is 744 g/mol. The van der Waals surface area contributed by atoms with E-state index in [4.69, 9.17) is 19.9 Å². The standard InChI is InChI=1S/C52H28N4.Cu/c1-2-10-30-18-38-37(17-29(30)9-1)45-25-47-39-19-31-11-3-4-12-32(31)20-40(39)49(54-47)27-51-43-23-35-15-7-8-16-36(35)24-44(43)52(56-51)28-50-42-22-34-14-6-5-13-33(34)21-41(42)48(55-50)26-46(38)53-45;/h1-28H;/q-2;+2. The van der Waals surface area contributed by atoms with Crippen molar-refractivity contribution in [3.05, 3.63) is 170 Å². The molecule has 0 saturated heterocycles. The van der Waals surface area contributed by atoms with Gasteiger partial charge in [0.2, 0.25) is 0 Å². The van der Waals surface area contributed by atoms with E-state index in [-0.39, 0.29) is 17.1 Å². The summed E-state index contributed by atoms with van der Waals surface area (Å²) in [4.78, 5) is 21.6. The largest absolute Gasteiger partial charge is 2.00 e. The number of fused-ring (bicyclic) bond motifs is 24. The minimum absolute atomic E-state index is 0. The number of benzene rings is 8. The second kappa shape index (κ2) is 12.0. The zero-order valence-electron chi connectivity index (χ0n) is 30.3. The Kier molecular flexibility index (Phi) is 6.77. The minimum Gasteiger partial charge on any atom is -0.657 e. The smallest absolute Gasteiger partial charge is 0.657 e. The van der Waals surface area contributed by atoms with Crippen molar-refractivity contribution in [1.82, 2.24) is 19.9 Å². The number of nitrogens with zero attached hydrogens (tertiary/aromatic N) is 4. The summed E-state index contributed by atoms with van der Waals surface area (Å²) in [5, 5.41) is 13.8. The molecule has 0 fully saturated rings. The first-order valence-electron chi connectivity index (χ1n) is 19.0. The third kappa shape index (κ3) is 4.87. The SMILES string of the molecule is [Cu+2].c1ccc2cc3c(cc2c1)-c1cc2[n-]c(cc4nc(cc5[n-]c(cc-3n1)c1cc3ccccc3cc51)-c1cc3ccccc3cc1-4)c1cc3ccccc3cc21. The van der Waals surface area contributed by atoms with Crippen LogP contribution in [-0.2, 0) is 17.1 Å². The van der Waals surface area contributed by atoms with Crippen LogP contribution in [0.25, 0.3) is 132 Å². The van der Waals surface area contributed by atoms with Crippen LogP contribution in [-0.4, -0.2) is 9.97 Å². The molecular formula is C52H28CuN4. The molecule has 8 aromatic carbocycles. The first kappa shape index (κ1) is 32.2. The quantitative estimate of drug-likeness (QED) is 0.144. The molecule has 2 aliphatic rings. The molecule has 0 unspecified atom stereocenters. The zero-order chi connectivity index (χ0) is 36.5. The van der Waals surface area contributed by atoms with E-state index in [2.05, 4.69) is 170 Å². The minimum atomic E-state index is 0. The fraction of sp³-hybridized carbons (Fsp3) is 0. The Labute approximate surface area is 337 Å². The van der Waals surface area contributed by atoms with Crippen molar-refractivity contribution in [2.45, 2.75) is 0 Å². The van der Waals surface area contributed by atoms with Crippen LogP contribution in [0.2, 0.25) is 0 Å². The Morgan fingerprint density at radius 3 is 0.702 bits per heavy atom. The number of rotatable bonds is 0. The molecule has 0 saturated carbocycles. The Hall–Kier alpha value is -7.04. The van der Waals surface area contributed by atoms with E-state index in [0.717, 1.165) is 88.6 Å². The average Bonchev–Trinajstić information content (AvgIpc) is 3.95. The van der Waals surface area contributed by atoms with E-state index in [1.807, 2.05) is 0 Å². The molecule has 5 heteroatoms. The van der Waals surface area contributed by atoms with E-state index in [0.29, 0.717) is 0 Å². The van der Waals surface area contributed by atoms with Crippen molar-refractivity contribution in [3.63, 3.8) is 0 Å². The van der Waals surface area contributed by atoms with Gasteiger partial charge in [-0.1, -0.05) is 97.1 Å². The molecule has 2 aliphatic heterocycles.